The van der Waals surface area contributed by atoms with E-state index in [0.29, 0.717) is 12.8 Å². The summed E-state index contributed by atoms with van der Waals surface area (Å²) in [7, 11) is -1.81. The van der Waals surface area contributed by atoms with E-state index in [1.165, 1.54) is 0 Å². The zero-order valence-corrected chi connectivity index (χ0v) is 17.3. The first kappa shape index (κ1) is 22.1. The van der Waals surface area contributed by atoms with Gasteiger partial charge in [-0.05, 0) is 58.7 Å². The number of ether oxygens (including phenoxy) is 1. The van der Waals surface area contributed by atoms with E-state index >= 15 is 0 Å². The largest absolute Gasteiger partial charge is 0.444 e. The number of hydrogen-bond acceptors (Lipinski definition) is 4. The van der Waals surface area contributed by atoms with Gasteiger partial charge in [-0.1, -0.05) is 20.8 Å². The van der Waals surface area contributed by atoms with E-state index in [1.807, 2.05) is 6.92 Å². The standard InChI is InChI=1S/C17H35NO4Si/c1-13(22-23(8,9)17(5,6)7)10-11-14(12-19)18-15(20)21-16(2,3)4/h12-14H,10-11H2,1-9H3,(H,18,20)/t13?,14-/m0/s1. The van der Waals surface area contributed by atoms with Crippen LogP contribution in [0.25, 0.3) is 0 Å². The maximum atomic E-state index is 11.7. The van der Waals surface area contributed by atoms with Gasteiger partial charge in [0.2, 0.25) is 0 Å². The summed E-state index contributed by atoms with van der Waals surface area (Å²) in [6.45, 7) is 18.4. The van der Waals surface area contributed by atoms with Crippen molar-refractivity contribution in [1.82, 2.24) is 5.32 Å². The van der Waals surface area contributed by atoms with Gasteiger partial charge in [-0.3, -0.25) is 0 Å². The van der Waals surface area contributed by atoms with Gasteiger partial charge in [-0.15, -0.1) is 0 Å². The highest BCUT2D eigenvalue weighted by Gasteiger charge is 2.38. The van der Waals surface area contributed by atoms with Crippen LogP contribution in [0.2, 0.25) is 18.1 Å². The highest BCUT2D eigenvalue weighted by atomic mass is 28.4. The highest BCUT2D eigenvalue weighted by molar-refractivity contribution is 6.74. The van der Waals surface area contributed by atoms with E-state index in [-0.39, 0.29) is 11.1 Å². The molecule has 0 aromatic rings. The maximum absolute atomic E-state index is 11.7. The maximum Gasteiger partial charge on any atom is 0.408 e. The molecule has 0 aliphatic heterocycles. The summed E-state index contributed by atoms with van der Waals surface area (Å²) < 4.78 is 11.4. The Labute approximate surface area is 142 Å². The van der Waals surface area contributed by atoms with E-state index in [1.54, 1.807) is 20.8 Å². The zero-order chi connectivity index (χ0) is 18.5. The highest BCUT2D eigenvalue weighted by Crippen LogP contribution is 2.37. The summed E-state index contributed by atoms with van der Waals surface area (Å²) in [6.07, 6.45) is 1.50. The Bertz CT molecular complexity index is 396. The fourth-order valence-corrected chi connectivity index (χ4v) is 3.26. The SMILES string of the molecule is CC(CC[C@@H](C=O)NC(=O)OC(C)(C)C)O[Si](C)(C)C(C)(C)C. The molecule has 0 fully saturated rings. The molecule has 1 unspecified atom stereocenters. The number of nitrogens with one attached hydrogen (secondary N) is 1. The number of carbonyl (C=O) groups is 2. The van der Waals surface area contributed by atoms with Gasteiger partial charge < -0.3 is 19.3 Å². The molecule has 0 aliphatic carbocycles. The van der Waals surface area contributed by atoms with Gasteiger partial charge in [0, 0.05) is 6.10 Å². The summed E-state index contributed by atoms with van der Waals surface area (Å²) in [4.78, 5) is 22.9. The molecule has 0 aliphatic rings. The lowest BCUT2D eigenvalue weighted by Gasteiger charge is -2.38. The Morgan fingerprint density at radius 2 is 1.65 bits per heavy atom. The van der Waals surface area contributed by atoms with Crippen molar-refractivity contribution in [3.8, 4) is 0 Å². The number of alkyl carbamates (subject to hydrolysis) is 1. The number of aldehydes is 1. The van der Waals surface area contributed by atoms with E-state index in [0.717, 1.165) is 6.29 Å². The third-order valence-corrected chi connectivity index (χ3v) is 8.66. The smallest absolute Gasteiger partial charge is 0.408 e. The minimum absolute atomic E-state index is 0.0544. The summed E-state index contributed by atoms with van der Waals surface area (Å²) in [5.74, 6) is 0. The third-order valence-electron chi connectivity index (χ3n) is 4.05. The van der Waals surface area contributed by atoms with E-state index in [4.69, 9.17) is 9.16 Å². The van der Waals surface area contributed by atoms with Gasteiger partial charge in [0.05, 0.1) is 6.04 Å². The Morgan fingerprint density at radius 1 is 1.13 bits per heavy atom. The van der Waals surface area contributed by atoms with Crippen molar-refractivity contribution in [1.29, 1.82) is 0 Å². The molecule has 0 aromatic carbocycles. The zero-order valence-electron chi connectivity index (χ0n) is 16.3. The monoisotopic (exact) mass is 345 g/mol. The van der Waals surface area contributed by atoms with Crippen molar-refractivity contribution >= 4 is 20.7 Å². The average Bonchev–Trinajstić information content (AvgIpc) is 2.30. The quantitative estimate of drug-likeness (QED) is 0.553. The Morgan fingerprint density at radius 3 is 2.04 bits per heavy atom. The van der Waals surface area contributed by atoms with Gasteiger partial charge in [-0.2, -0.15) is 0 Å². The first-order valence-corrected chi connectivity index (χ1v) is 11.2. The number of rotatable bonds is 7. The molecule has 0 saturated carbocycles. The van der Waals surface area contributed by atoms with Crippen LogP contribution in [0.15, 0.2) is 0 Å². The van der Waals surface area contributed by atoms with E-state index in [2.05, 4.69) is 39.2 Å². The van der Waals surface area contributed by atoms with Crippen LogP contribution in [0.4, 0.5) is 4.79 Å². The average molecular weight is 346 g/mol. The summed E-state index contributed by atoms with van der Waals surface area (Å²) in [5, 5.41) is 2.75. The van der Waals surface area contributed by atoms with Gasteiger partial charge in [0.15, 0.2) is 8.32 Å². The van der Waals surface area contributed by atoms with Gasteiger partial charge in [0.1, 0.15) is 11.9 Å². The lowest BCUT2D eigenvalue weighted by Crippen LogP contribution is -2.44. The van der Waals surface area contributed by atoms with Gasteiger partial charge in [0.25, 0.3) is 0 Å². The molecule has 0 spiro atoms. The van der Waals surface area contributed by atoms with E-state index < -0.39 is 26.1 Å². The molecule has 0 aromatic heterocycles. The Hall–Kier alpha value is -0.883. The molecule has 5 nitrogen and oxygen atoms in total. The molecule has 1 N–H and O–H groups in total. The minimum Gasteiger partial charge on any atom is -0.444 e. The summed E-state index contributed by atoms with van der Waals surface area (Å²) in [5.41, 5.74) is -0.573. The number of carbonyl (C=O) groups excluding carboxylic acids is 2. The van der Waals surface area contributed by atoms with Crippen molar-refractivity contribution in [2.45, 2.75) is 97.2 Å². The summed E-state index contributed by atoms with van der Waals surface area (Å²) >= 11 is 0. The second-order valence-corrected chi connectivity index (χ2v) is 13.4. The molecule has 1 amide bonds. The molecule has 0 heterocycles. The van der Waals surface area contributed by atoms with Crippen molar-refractivity contribution in [2.75, 3.05) is 0 Å². The second kappa shape index (κ2) is 8.28. The van der Waals surface area contributed by atoms with Crippen molar-refractivity contribution in [3.63, 3.8) is 0 Å². The third kappa shape index (κ3) is 9.10. The predicted molar refractivity (Wildman–Crippen MR) is 96.2 cm³/mol. The van der Waals surface area contributed by atoms with Gasteiger partial charge in [-0.25, -0.2) is 4.79 Å². The molecule has 0 radical (unpaired) electrons. The molecular formula is C17H35NO4Si. The fourth-order valence-electron chi connectivity index (χ4n) is 1.79. The van der Waals surface area contributed by atoms with Crippen molar-refractivity contribution < 1.29 is 18.8 Å². The van der Waals surface area contributed by atoms with Crippen molar-refractivity contribution in [2.24, 2.45) is 0 Å². The number of hydrogen-bond donors (Lipinski definition) is 1. The second-order valence-electron chi connectivity index (χ2n) is 8.65. The first-order chi connectivity index (χ1) is 10.2. The van der Waals surface area contributed by atoms with Crippen LogP contribution in [-0.2, 0) is 14.0 Å². The van der Waals surface area contributed by atoms with Crippen molar-refractivity contribution in [3.05, 3.63) is 0 Å². The molecule has 23 heavy (non-hydrogen) atoms. The molecule has 0 saturated heterocycles. The summed E-state index contributed by atoms with van der Waals surface area (Å²) in [6, 6.07) is -0.546. The lowest BCUT2D eigenvalue weighted by atomic mass is 10.1. The van der Waals surface area contributed by atoms with Crippen LogP contribution in [0, 0.1) is 0 Å². The van der Waals surface area contributed by atoms with Gasteiger partial charge >= 0.3 is 6.09 Å². The Balaban J connectivity index is 4.41. The Kier molecular flexibility index (Phi) is 7.97. The van der Waals surface area contributed by atoms with Crippen LogP contribution < -0.4 is 5.32 Å². The molecule has 136 valence electrons. The topological polar surface area (TPSA) is 64.6 Å². The van der Waals surface area contributed by atoms with Crippen LogP contribution in [0.3, 0.4) is 0 Å². The van der Waals surface area contributed by atoms with Crippen LogP contribution in [0.5, 0.6) is 0 Å². The molecular weight excluding hydrogens is 310 g/mol. The minimum atomic E-state index is -1.81. The number of amides is 1. The fraction of sp³-hybridized carbons (Fsp3) is 0.882. The van der Waals surface area contributed by atoms with Crippen LogP contribution in [0.1, 0.15) is 61.3 Å². The lowest BCUT2D eigenvalue weighted by molar-refractivity contribution is -0.109. The normalized spacial score (nSPS) is 15.7. The van der Waals surface area contributed by atoms with E-state index in [9.17, 15) is 9.59 Å². The molecule has 6 heteroatoms. The molecule has 0 rings (SSSR count). The predicted octanol–water partition coefficient (Wildman–Crippen LogP) is 4.27. The first-order valence-electron chi connectivity index (χ1n) is 8.30. The molecule has 0 bridgehead atoms. The van der Waals surface area contributed by atoms with Crippen LogP contribution >= 0.6 is 0 Å². The van der Waals surface area contributed by atoms with Crippen LogP contribution in [-0.4, -0.2) is 38.4 Å². The molecule has 2 atom stereocenters.